The molecule has 2 fully saturated rings. The molecule has 7 heteroatoms. The van der Waals surface area contributed by atoms with Crippen molar-refractivity contribution < 1.29 is 14.1 Å². The van der Waals surface area contributed by atoms with Gasteiger partial charge in [-0.15, -0.1) is 0 Å². The second-order valence-electron chi connectivity index (χ2n) is 6.70. The number of piperidine rings is 1. The zero-order valence-corrected chi connectivity index (χ0v) is 14.5. The molecule has 0 aliphatic carbocycles. The van der Waals surface area contributed by atoms with Gasteiger partial charge in [-0.3, -0.25) is 9.78 Å². The number of aryl methyl sites for hydroxylation is 1. The molecule has 132 valence electrons. The van der Waals surface area contributed by atoms with Crippen LogP contribution in [0.2, 0.25) is 0 Å². The fourth-order valence-electron chi connectivity index (χ4n) is 3.73. The van der Waals surface area contributed by atoms with E-state index >= 15 is 0 Å². The highest BCUT2D eigenvalue weighted by atomic mass is 16.5. The van der Waals surface area contributed by atoms with Crippen molar-refractivity contribution >= 4 is 5.91 Å². The molecule has 4 heterocycles. The Morgan fingerprint density at radius 1 is 1.32 bits per heavy atom. The molecule has 2 aromatic heterocycles. The van der Waals surface area contributed by atoms with Gasteiger partial charge in [-0.1, -0.05) is 11.2 Å². The van der Waals surface area contributed by atoms with Gasteiger partial charge in [0.15, 0.2) is 0 Å². The molecule has 2 aliphatic rings. The highest BCUT2D eigenvalue weighted by molar-refractivity contribution is 6.00. The topological polar surface area (TPSA) is 71.7 Å². The summed E-state index contributed by atoms with van der Waals surface area (Å²) in [6.07, 6.45) is 2.74. The Morgan fingerprint density at radius 3 is 3.00 bits per heavy atom. The van der Waals surface area contributed by atoms with Gasteiger partial charge in [0.2, 0.25) is 0 Å². The van der Waals surface area contributed by atoms with E-state index in [1.165, 1.54) is 0 Å². The number of morpholine rings is 1. The zero-order valence-electron chi connectivity index (χ0n) is 14.5. The number of ether oxygens (including phenoxy) is 1. The quantitative estimate of drug-likeness (QED) is 0.825. The van der Waals surface area contributed by atoms with Gasteiger partial charge in [0, 0.05) is 25.8 Å². The van der Waals surface area contributed by atoms with Crippen LogP contribution in [-0.4, -0.2) is 71.3 Å². The number of pyridine rings is 1. The second-order valence-corrected chi connectivity index (χ2v) is 6.70. The van der Waals surface area contributed by atoms with Crippen LogP contribution >= 0.6 is 0 Å². The summed E-state index contributed by atoms with van der Waals surface area (Å²) in [5.74, 6) is 0.478. The number of aromatic nitrogens is 2. The first-order valence-corrected chi connectivity index (χ1v) is 8.64. The number of nitrogens with zero attached hydrogens (tertiary/aromatic N) is 4. The van der Waals surface area contributed by atoms with Gasteiger partial charge in [-0.25, -0.2) is 0 Å². The molecule has 0 N–H and O–H groups in total. The smallest absolute Gasteiger partial charge is 0.260 e. The zero-order chi connectivity index (χ0) is 17.4. The van der Waals surface area contributed by atoms with Crippen molar-refractivity contribution in [2.45, 2.75) is 25.5 Å². The van der Waals surface area contributed by atoms with Crippen molar-refractivity contribution in [3.8, 4) is 11.4 Å². The van der Waals surface area contributed by atoms with Gasteiger partial charge in [0.05, 0.1) is 24.4 Å². The van der Waals surface area contributed by atoms with Crippen LogP contribution in [0.25, 0.3) is 11.4 Å². The van der Waals surface area contributed by atoms with Crippen LogP contribution in [0.1, 0.15) is 22.5 Å². The van der Waals surface area contributed by atoms with E-state index in [0.717, 1.165) is 19.5 Å². The highest BCUT2D eigenvalue weighted by Gasteiger charge is 2.40. The van der Waals surface area contributed by atoms with E-state index in [1.807, 2.05) is 23.1 Å². The van der Waals surface area contributed by atoms with Crippen molar-refractivity contribution in [3.63, 3.8) is 0 Å². The first-order chi connectivity index (χ1) is 12.1. The summed E-state index contributed by atoms with van der Waals surface area (Å²) in [5, 5.41) is 4.09. The fraction of sp³-hybridized carbons (Fsp3) is 0.500. The lowest BCUT2D eigenvalue weighted by molar-refractivity contribution is -0.0870. The number of likely N-dealkylation sites (N-methyl/N-ethyl adjacent to an activating group) is 1. The van der Waals surface area contributed by atoms with Crippen LogP contribution in [0, 0.1) is 6.92 Å². The lowest BCUT2D eigenvalue weighted by atomic mass is 9.97. The Hall–Kier alpha value is -2.25. The maximum Gasteiger partial charge on any atom is 0.260 e. The normalized spacial score (nSPS) is 24.2. The number of amides is 1. The van der Waals surface area contributed by atoms with Gasteiger partial charge in [0.1, 0.15) is 17.0 Å². The van der Waals surface area contributed by atoms with Gasteiger partial charge < -0.3 is 19.1 Å². The van der Waals surface area contributed by atoms with Crippen LogP contribution in [0.5, 0.6) is 0 Å². The Bertz CT molecular complexity index is 761. The Kier molecular flexibility index (Phi) is 4.27. The average Bonchev–Trinajstić information content (AvgIpc) is 3.03. The number of hydrogen-bond donors (Lipinski definition) is 0. The number of likely N-dealkylation sites (tertiary alicyclic amines) is 1. The van der Waals surface area contributed by atoms with Gasteiger partial charge in [0.25, 0.3) is 5.91 Å². The number of rotatable bonds is 2. The molecule has 7 nitrogen and oxygen atoms in total. The van der Waals surface area contributed by atoms with Crippen LogP contribution < -0.4 is 0 Å². The third-order valence-electron chi connectivity index (χ3n) is 5.03. The molecule has 4 rings (SSSR count). The Morgan fingerprint density at radius 2 is 2.20 bits per heavy atom. The van der Waals surface area contributed by atoms with Crippen molar-refractivity contribution in [1.29, 1.82) is 0 Å². The maximum atomic E-state index is 13.4. The van der Waals surface area contributed by atoms with Gasteiger partial charge in [-0.05, 0) is 32.5 Å². The predicted octanol–water partition coefficient (Wildman–Crippen LogP) is 1.59. The summed E-state index contributed by atoms with van der Waals surface area (Å²) >= 11 is 0. The van der Waals surface area contributed by atoms with Crippen molar-refractivity contribution in [2.24, 2.45) is 0 Å². The van der Waals surface area contributed by atoms with Crippen molar-refractivity contribution in [1.82, 2.24) is 19.9 Å². The van der Waals surface area contributed by atoms with Crippen LogP contribution in [0.15, 0.2) is 28.9 Å². The summed E-state index contributed by atoms with van der Waals surface area (Å²) in [7, 11) is 2.08. The molecule has 0 saturated carbocycles. The molecule has 0 unspecified atom stereocenters. The van der Waals surface area contributed by atoms with E-state index in [0.29, 0.717) is 35.9 Å². The van der Waals surface area contributed by atoms with Crippen LogP contribution in [0.4, 0.5) is 0 Å². The largest absolute Gasteiger partial charge is 0.374 e. The Balaban J connectivity index is 1.68. The van der Waals surface area contributed by atoms with E-state index in [4.69, 9.17) is 9.26 Å². The van der Waals surface area contributed by atoms with Gasteiger partial charge >= 0.3 is 0 Å². The lowest BCUT2D eigenvalue weighted by Crippen LogP contribution is -2.60. The minimum absolute atomic E-state index is 0.0481. The van der Waals surface area contributed by atoms with Crippen LogP contribution in [0.3, 0.4) is 0 Å². The number of fused-ring (bicyclic) bond motifs is 1. The number of carbonyl (C=O) groups excluding carboxylic acids is 1. The summed E-state index contributed by atoms with van der Waals surface area (Å²) in [5.41, 5.74) is 1.66. The standard InChI is InChI=1S/C18H22N4O3/c1-12-16(17(20-25-12)13-5-3-4-7-19-13)18(23)22-9-10-24-15-6-8-21(2)11-14(15)22/h3-5,7,14-15H,6,8-11H2,1-2H3/t14-,15-/m0/s1. The molecule has 2 aliphatic heterocycles. The molecule has 25 heavy (non-hydrogen) atoms. The van der Waals surface area contributed by atoms with Crippen molar-refractivity contribution in [2.75, 3.05) is 33.3 Å². The Labute approximate surface area is 146 Å². The number of hydrogen-bond acceptors (Lipinski definition) is 6. The van der Waals surface area contributed by atoms with E-state index in [9.17, 15) is 4.79 Å². The highest BCUT2D eigenvalue weighted by Crippen LogP contribution is 2.29. The average molecular weight is 342 g/mol. The fourth-order valence-corrected chi connectivity index (χ4v) is 3.73. The van der Waals surface area contributed by atoms with E-state index < -0.39 is 0 Å². The summed E-state index contributed by atoms with van der Waals surface area (Å²) < 4.78 is 11.2. The summed E-state index contributed by atoms with van der Waals surface area (Å²) in [6.45, 7) is 4.74. The SMILES string of the molecule is Cc1onc(-c2ccccn2)c1C(=O)N1CCO[C@H]2CCN(C)C[C@@H]21. The predicted molar refractivity (Wildman–Crippen MR) is 91.1 cm³/mol. The van der Waals surface area contributed by atoms with E-state index in [-0.39, 0.29) is 18.1 Å². The lowest BCUT2D eigenvalue weighted by Gasteiger charge is -2.46. The first kappa shape index (κ1) is 16.2. The first-order valence-electron chi connectivity index (χ1n) is 8.64. The van der Waals surface area contributed by atoms with Crippen LogP contribution in [-0.2, 0) is 4.74 Å². The molecule has 0 aromatic carbocycles. The monoisotopic (exact) mass is 342 g/mol. The second kappa shape index (κ2) is 6.57. The van der Waals surface area contributed by atoms with Crippen molar-refractivity contribution in [3.05, 3.63) is 35.7 Å². The third kappa shape index (κ3) is 2.94. The molecule has 2 saturated heterocycles. The summed E-state index contributed by atoms with van der Waals surface area (Å²) in [6, 6.07) is 5.61. The maximum absolute atomic E-state index is 13.4. The third-order valence-corrected chi connectivity index (χ3v) is 5.03. The summed E-state index contributed by atoms with van der Waals surface area (Å²) in [4.78, 5) is 21.9. The van der Waals surface area contributed by atoms with Gasteiger partial charge in [-0.2, -0.15) is 0 Å². The molecule has 2 atom stereocenters. The molecular weight excluding hydrogens is 320 g/mol. The van der Waals surface area contributed by atoms with E-state index in [1.54, 1.807) is 13.1 Å². The molecule has 1 amide bonds. The molecular formula is C18H22N4O3. The minimum atomic E-state index is -0.0481. The minimum Gasteiger partial charge on any atom is -0.374 e. The number of carbonyl (C=O) groups is 1. The molecule has 0 radical (unpaired) electrons. The molecule has 0 spiro atoms. The molecule has 0 bridgehead atoms. The molecule has 2 aromatic rings. The van der Waals surface area contributed by atoms with E-state index in [2.05, 4.69) is 22.1 Å².